The molecule has 9 heteroatoms. The van der Waals surface area contributed by atoms with E-state index in [1.165, 1.54) is 4.57 Å². The first-order valence-corrected chi connectivity index (χ1v) is 7.15. The Balaban J connectivity index is 2.67. The van der Waals surface area contributed by atoms with Gasteiger partial charge in [0.1, 0.15) is 0 Å². The van der Waals surface area contributed by atoms with Crippen molar-refractivity contribution < 1.29 is 8.42 Å². The smallest absolute Gasteiger partial charge is 0.273 e. The summed E-state index contributed by atoms with van der Waals surface area (Å²) in [5.41, 5.74) is 2.15. The van der Waals surface area contributed by atoms with Gasteiger partial charge in [0.05, 0.1) is 11.4 Å². The molecule has 0 radical (unpaired) electrons. The molecule has 2 rings (SSSR count). The molecule has 2 N–H and O–H groups in total. The fourth-order valence-corrected chi connectivity index (χ4v) is 2.39. The van der Waals surface area contributed by atoms with Crippen LogP contribution in [0.3, 0.4) is 0 Å². The third kappa shape index (κ3) is 2.47. The third-order valence-corrected chi connectivity index (χ3v) is 3.52. The van der Waals surface area contributed by atoms with Crippen LogP contribution in [0.15, 0.2) is 11.2 Å². The highest BCUT2D eigenvalue weighted by Crippen LogP contribution is 2.22. The lowest BCUT2D eigenvalue weighted by Crippen LogP contribution is -2.17. The minimum absolute atomic E-state index is 0.279. The lowest BCUT2D eigenvalue weighted by Gasteiger charge is -2.07. The van der Waals surface area contributed by atoms with Crippen molar-refractivity contribution in [2.45, 2.75) is 25.4 Å². The average molecular weight is 282 g/mol. The van der Waals surface area contributed by atoms with Crippen molar-refractivity contribution in [2.75, 3.05) is 0 Å². The summed E-state index contributed by atoms with van der Waals surface area (Å²) in [6.07, 6.45) is 0.653. The Morgan fingerprint density at radius 1 is 1.26 bits per heavy atom. The second kappa shape index (κ2) is 4.67. The van der Waals surface area contributed by atoms with E-state index in [4.69, 9.17) is 5.14 Å². The van der Waals surface area contributed by atoms with Crippen LogP contribution in [-0.4, -0.2) is 33.4 Å². The second-order valence-corrected chi connectivity index (χ2v) is 5.57. The molecule has 0 aliphatic heterocycles. The summed E-state index contributed by atoms with van der Waals surface area (Å²) >= 11 is 0. The number of hydrogen-bond acceptors (Lipinski definition) is 6. The molecular weight excluding hydrogens is 268 g/mol. The topological polar surface area (TPSA) is 117 Å². The summed E-state index contributed by atoms with van der Waals surface area (Å²) in [7, 11) is -2.35. The highest BCUT2D eigenvalue weighted by molar-refractivity contribution is 7.89. The van der Waals surface area contributed by atoms with E-state index in [-0.39, 0.29) is 5.16 Å². The van der Waals surface area contributed by atoms with E-state index >= 15 is 0 Å². The van der Waals surface area contributed by atoms with E-state index in [9.17, 15) is 8.42 Å². The predicted molar refractivity (Wildman–Crippen MR) is 67.5 cm³/mol. The number of aryl methyl sites for hydroxylation is 2. The quantitative estimate of drug-likeness (QED) is 0.832. The molecule has 0 aromatic carbocycles. The summed E-state index contributed by atoms with van der Waals surface area (Å²) in [6, 6.07) is 1.79. The van der Waals surface area contributed by atoms with Crippen LogP contribution < -0.4 is 5.14 Å². The molecular formula is C10H14N6O2S. The largest absolute Gasteiger partial charge is 0.300 e. The zero-order valence-corrected chi connectivity index (χ0v) is 11.6. The van der Waals surface area contributed by atoms with Crippen LogP contribution in [0.5, 0.6) is 0 Å². The molecule has 2 aromatic rings. The number of rotatable bonds is 3. The molecule has 19 heavy (non-hydrogen) atoms. The predicted octanol–water partition coefficient (Wildman–Crippen LogP) is -0.210. The fourth-order valence-electron chi connectivity index (χ4n) is 1.77. The first-order valence-electron chi connectivity index (χ1n) is 5.60. The van der Waals surface area contributed by atoms with Gasteiger partial charge in [-0.05, 0) is 19.4 Å². The first-order chi connectivity index (χ1) is 8.84. The van der Waals surface area contributed by atoms with Crippen LogP contribution in [0.25, 0.3) is 11.4 Å². The molecule has 0 saturated heterocycles. The number of aromatic nitrogens is 5. The van der Waals surface area contributed by atoms with Crippen molar-refractivity contribution in [3.8, 4) is 11.4 Å². The molecule has 0 bridgehead atoms. The van der Waals surface area contributed by atoms with E-state index in [1.54, 1.807) is 20.0 Å². The lowest BCUT2D eigenvalue weighted by molar-refractivity contribution is 0.580. The SMILES string of the molecule is CCc1nnc(C)cc1-c1nnc(S(N)(=O)=O)n1C. The second-order valence-electron chi connectivity index (χ2n) is 4.11. The molecule has 2 heterocycles. The van der Waals surface area contributed by atoms with Crippen molar-refractivity contribution in [3.63, 3.8) is 0 Å². The molecule has 0 fully saturated rings. The van der Waals surface area contributed by atoms with Crippen LogP contribution in [0.1, 0.15) is 18.3 Å². The highest BCUT2D eigenvalue weighted by Gasteiger charge is 2.21. The number of hydrogen-bond donors (Lipinski definition) is 1. The molecule has 2 aromatic heterocycles. The molecule has 0 aliphatic rings. The molecule has 0 saturated carbocycles. The summed E-state index contributed by atoms with van der Waals surface area (Å²) in [5, 5.41) is 20.3. The monoisotopic (exact) mass is 282 g/mol. The number of sulfonamides is 1. The molecule has 0 spiro atoms. The zero-order chi connectivity index (χ0) is 14.2. The van der Waals surface area contributed by atoms with Crippen molar-refractivity contribution in [1.29, 1.82) is 0 Å². The Labute approximate surface area is 110 Å². The van der Waals surface area contributed by atoms with Gasteiger partial charge < -0.3 is 0 Å². The number of nitrogens with two attached hydrogens (primary N) is 1. The lowest BCUT2D eigenvalue weighted by atomic mass is 10.1. The summed E-state index contributed by atoms with van der Waals surface area (Å²) < 4.78 is 24.0. The van der Waals surface area contributed by atoms with Crippen LogP contribution in [0.2, 0.25) is 0 Å². The minimum atomic E-state index is -3.90. The van der Waals surface area contributed by atoms with Crippen LogP contribution in [0, 0.1) is 6.92 Å². The molecule has 102 valence electrons. The van der Waals surface area contributed by atoms with E-state index in [0.717, 1.165) is 5.69 Å². The maximum absolute atomic E-state index is 11.3. The van der Waals surface area contributed by atoms with Crippen molar-refractivity contribution >= 4 is 10.0 Å². The first kappa shape index (κ1) is 13.6. The Kier molecular flexibility index (Phi) is 3.33. The summed E-state index contributed by atoms with van der Waals surface area (Å²) in [5.74, 6) is 0.402. The van der Waals surface area contributed by atoms with Gasteiger partial charge in [0.25, 0.3) is 15.2 Å². The number of nitrogens with zero attached hydrogens (tertiary/aromatic N) is 5. The van der Waals surface area contributed by atoms with E-state index < -0.39 is 10.0 Å². The average Bonchev–Trinajstić information content (AvgIpc) is 2.70. The Morgan fingerprint density at radius 3 is 2.47 bits per heavy atom. The van der Waals surface area contributed by atoms with Crippen molar-refractivity contribution in [3.05, 3.63) is 17.5 Å². The number of primary sulfonamides is 1. The maximum Gasteiger partial charge on any atom is 0.273 e. The maximum atomic E-state index is 11.3. The van der Waals surface area contributed by atoms with E-state index in [0.29, 0.717) is 23.5 Å². The highest BCUT2D eigenvalue weighted by atomic mass is 32.2. The van der Waals surface area contributed by atoms with Gasteiger partial charge in [-0.15, -0.1) is 10.2 Å². The standard InChI is InChI=1S/C10H14N6O2S/c1-4-8-7(5-6(2)12-13-8)9-14-15-10(16(9)3)19(11,17)18/h5H,4H2,1-3H3,(H2,11,17,18). The minimum Gasteiger partial charge on any atom is -0.300 e. The van der Waals surface area contributed by atoms with E-state index in [1.807, 2.05) is 6.92 Å². The van der Waals surface area contributed by atoms with Gasteiger partial charge >= 0.3 is 0 Å². The van der Waals surface area contributed by atoms with Gasteiger partial charge in [0.15, 0.2) is 5.82 Å². The molecule has 8 nitrogen and oxygen atoms in total. The van der Waals surface area contributed by atoms with E-state index in [2.05, 4.69) is 20.4 Å². The van der Waals surface area contributed by atoms with Crippen LogP contribution in [0.4, 0.5) is 0 Å². The van der Waals surface area contributed by atoms with Gasteiger partial charge in [-0.2, -0.15) is 10.2 Å². The van der Waals surface area contributed by atoms with Crippen LogP contribution >= 0.6 is 0 Å². The van der Waals surface area contributed by atoms with Crippen LogP contribution in [-0.2, 0) is 23.5 Å². The molecule has 0 atom stereocenters. The molecule has 0 amide bonds. The summed E-state index contributed by atoms with van der Waals surface area (Å²) in [6.45, 7) is 3.73. The molecule has 0 unspecified atom stereocenters. The van der Waals surface area contributed by atoms with Gasteiger partial charge in [-0.1, -0.05) is 6.92 Å². The normalized spacial score (nSPS) is 11.8. The van der Waals surface area contributed by atoms with Crippen molar-refractivity contribution in [2.24, 2.45) is 12.2 Å². The fraction of sp³-hybridized carbons (Fsp3) is 0.400. The van der Waals surface area contributed by atoms with Gasteiger partial charge in [-0.25, -0.2) is 13.6 Å². The zero-order valence-electron chi connectivity index (χ0n) is 10.8. The van der Waals surface area contributed by atoms with Gasteiger partial charge in [0, 0.05) is 12.6 Å². The third-order valence-electron chi connectivity index (χ3n) is 2.66. The van der Waals surface area contributed by atoms with Gasteiger partial charge in [0.2, 0.25) is 0 Å². The molecule has 0 aliphatic carbocycles. The van der Waals surface area contributed by atoms with Gasteiger partial charge in [-0.3, -0.25) is 4.57 Å². The Hall–Kier alpha value is -1.87. The Morgan fingerprint density at radius 2 is 1.95 bits per heavy atom. The summed E-state index contributed by atoms with van der Waals surface area (Å²) in [4.78, 5) is 0. The Bertz CT molecular complexity index is 722. The van der Waals surface area contributed by atoms with Crippen molar-refractivity contribution in [1.82, 2.24) is 25.0 Å².